The molecule has 0 amide bonds. The van der Waals surface area contributed by atoms with Gasteiger partial charge in [0.05, 0.1) is 5.92 Å². The Balaban J connectivity index is 2.39. The van der Waals surface area contributed by atoms with Crippen LogP contribution in [0.4, 0.5) is 0 Å². The number of allylic oxidation sites excluding steroid dienone is 1. The SMILES string of the molecule is CC1=NC2SC(C)=C(C)C2C(N)=N1. The van der Waals surface area contributed by atoms with E-state index in [1.54, 1.807) is 11.8 Å². The van der Waals surface area contributed by atoms with Crippen LogP contribution in [0.25, 0.3) is 0 Å². The molecule has 2 heterocycles. The minimum Gasteiger partial charge on any atom is -0.387 e. The molecule has 2 atom stereocenters. The Morgan fingerprint density at radius 2 is 2.00 bits per heavy atom. The summed E-state index contributed by atoms with van der Waals surface area (Å²) in [6.45, 7) is 6.13. The largest absolute Gasteiger partial charge is 0.387 e. The summed E-state index contributed by atoms with van der Waals surface area (Å²) in [4.78, 5) is 10.0. The first-order chi connectivity index (χ1) is 6.09. The third-order valence-electron chi connectivity index (χ3n) is 2.53. The molecule has 0 bridgehead atoms. The predicted molar refractivity (Wildman–Crippen MR) is 58.0 cm³/mol. The van der Waals surface area contributed by atoms with Gasteiger partial charge in [-0.3, -0.25) is 4.99 Å². The van der Waals surface area contributed by atoms with Crippen LogP contribution >= 0.6 is 11.8 Å². The molecular weight excluding hydrogens is 182 g/mol. The Hall–Kier alpha value is -0.770. The van der Waals surface area contributed by atoms with E-state index in [-0.39, 0.29) is 11.3 Å². The van der Waals surface area contributed by atoms with Gasteiger partial charge in [-0.05, 0) is 25.7 Å². The quantitative estimate of drug-likeness (QED) is 0.640. The molecule has 0 saturated carbocycles. The van der Waals surface area contributed by atoms with E-state index in [0.717, 1.165) is 11.7 Å². The van der Waals surface area contributed by atoms with Crippen LogP contribution in [0.1, 0.15) is 20.8 Å². The lowest BCUT2D eigenvalue weighted by molar-refractivity contribution is 0.755. The zero-order valence-electron chi connectivity index (χ0n) is 8.03. The fourth-order valence-electron chi connectivity index (χ4n) is 1.71. The number of nitrogens with two attached hydrogens (primary N) is 1. The van der Waals surface area contributed by atoms with Gasteiger partial charge in [-0.2, -0.15) is 0 Å². The molecule has 0 fully saturated rings. The minimum atomic E-state index is 0.244. The summed E-state index contributed by atoms with van der Waals surface area (Å²) < 4.78 is 0. The molecule has 70 valence electrons. The molecule has 0 aromatic rings. The third kappa shape index (κ3) is 1.29. The van der Waals surface area contributed by atoms with Gasteiger partial charge in [0.25, 0.3) is 0 Å². The van der Waals surface area contributed by atoms with Crippen molar-refractivity contribution in [2.45, 2.75) is 26.1 Å². The molecule has 0 aromatic heterocycles. The second kappa shape index (κ2) is 2.87. The first-order valence-corrected chi connectivity index (χ1v) is 5.20. The van der Waals surface area contributed by atoms with Crippen LogP contribution in [0.15, 0.2) is 20.5 Å². The summed E-state index contributed by atoms with van der Waals surface area (Å²) in [6, 6.07) is 0. The molecule has 0 aromatic carbocycles. The van der Waals surface area contributed by atoms with E-state index in [9.17, 15) is 0 Å². The summed E-state index contributed by atoms with van der Waals surface area (Å²) in [5.74, 6) is 1.77. The van der Waals surface area contributed by atoms with Crippen LogP contribution in [0.3, 0.4) is 0 Å². The van der Waals surface area contributed by atoms with Crippen LogP contribution in [-0.2, 0) is 0 Å². The van der Waals surface area contributed by atoms with Crippen molar-refractivity contribution in [2.75, 3.05) is 0 Å². The summed E-state index contributed by atoms with van der Waals surface area (Å²) in [6.07, 6.45) is 0. The average molecular weight is 195 g/mol. The Morgan fingerprint density at radius 3 is 2.69 bits per heavy atom. The molecule has 2 N–H and O–H groups in total. The Kier molecular flexibility index (Phi) is 1.95. The van der Waals surface area contributed by atoms with E-state index in [4.69, 9.17) is 5.73 Å². The number of aliphatic imine (C=N–C) groups is 2. The molecule has 0 radical (unpaired) electrons. The van der Waals surface area contributed by atoms with Gasteiger partial charge in [-0.25, -0.2) is 4.99 Å². The van der Waals surface area contributed by atoms with E-state index in [2.05, 4.69) is 23.8 Å². The highest BCUT2D eigenvalue weighted by atomic mass is 32.2. The number of rotatable bonds is 0. The Morgan fingerprint density at radius 1 is 1.31 bits per heavy atom. The first kappa shape index (κ1) is 8.81. The van der Waals surface area contributed by atoms with Crippen LogP contribution in [0.2, 0.25) is 0 Å². The number of hydrogen-bond acceptors (Lipinski definition) is 4. The lowest BCUT2D eigenvalue weighted by Crippen LogP contribution is -2.33. The van der Waals surface area contributed by atoms with E-state index in [0.29, 0.717) is 0 Å². The van der Waals surface area contributed by atoms with Gasteiger partial charge >= 0.3 is 0 Å². The van der Waals surface area contributed by atoms with Crippen LogP contribution in [-0.4, -0.2) is 17.0 Å². The molecule has 13 heavy (non-hydrogen) atoms. The highest BCUT2D eigenvalue weighted by molar-refractivity contribution is 8.04. The lowest BCUT2D eigenvalue weighted by Gasteiger charge is -2.20. The maximum absolute atomic E-state index is 5.88. The summed E-state index contributed by atoms with van der Waals surface area (Å²) >= 11 is 1.80. The van der Waals surface area contributed by atoms with Crippen molar-refractivity contribution in [3.8, 4) is 0 Å². The molecule has 0 saturated heterocycles. The highest BCUT2D eigenvalue weighted by Gasteiger charge is 2.36. The summed E-state index contributed by atoms with van der Waals surface area (Å²) in [7, 11) is 0. The van der Waals surface area contributed by atoms with Gasteiger partial charge < -0.3 is 5.73 Å². The molecule has 2 rings (SSSR count). The molecule has 0 aliphatic carbocycles. The van der Waals surface area contributed by atoms with Gasteiger partial charge in [-0.15, -0.1) is 11.8 Å². The van der Waals surface area contributed by atoms with Crippen molar-refractivity contribution >= 4 is 23.4 Å². The molecular formula is C9H13N3S. The zero-order chi connectivity index (χ0) is 9.59. The topological polar surface area (TPSA) is 50.7 Å². The van der Waals surface area contributed by atoms with E-state index >= 15 is 0 Å². The summed E-state index contributed by atoms with van der Waals surface area (Å²) in [5, 5.41) is 0.248. The molecule has 2 unspecified atom stereocenters. The smallest absolute Gasteiger partial charge is 0.123 e. The molecule has 2 aliphatic rings. The van der Waals surface area contributed by atoms with Crippen molar-refractivity contribution in [1.29, 1.82) is 0 Å². The number of nitrogens with zero attached hydrogens (tertiary/aromatic N) is 2. The Labute approximate surface area is 82.2 Å². The molecule has 4 heteroatoms. The van der Waals surface area contributed by atoms with E-state index in [1.165, 1.54) is 10.5 Å². The number of thioether (sulfide) groups is 1. The highest BCUT2D eigenvalue weighted by Crippen LogP contribution is 2.43. The second-order valence-electron chi connectivity index (χ2n) is 3.44. The standard InChI is InChI=1S/C9H13N3S/c1-4-5(2)13-9-7(4)8(10)11-6(3)12-9/h7,9H,1-3H3,(H2,10,11,12). The number of hydrogen-bond donors (Lipinski definition) is 1. The van der Waals surface area contributed by atoms with Crippen LogP contribution < -0.4 is 5.73 Å². The van der Waals surface area contributed by atoms with Gasteiger partial charge in [0, 0.05) is 0 Å². The molecule has 3 nitrogen and oxygen atoms in total. The van der Waals surface area contributed by atoms with Gasteiger partial charge in [-0.1, -0.05) is 5.57 Å². The maximum atomic E-state index is 5.88. The van der Waals surface area contributed by atoms with Gasteiger partial charge in [0.1, 0.15) is 17.0 Å². The third-order valence-corrected chi connectivity index (χ3v) is 3.82. The monoisotopic (exact) mass is 195 g/mol. The van der Waals surface area contributed by atoms with Crippen molar-refractivity contribution in [1.82, 2.24) is 0 Å². The number of amidine groups is 2. The van der Waals surface area contributed by atoms with Gasteiger partial charge in [0.15, 0.2) is 0 Å². The van der Waals surface area contributed by atoms with Crippen molar-refractivity contribution in [2.24, 2.45) is 21.6 Å². The zero-order valence-corrected chi connectivity index (χ0v) is 8.85. The Bertz CT molecular complexity index is 341. The van der Waals surface area contributed by atoms with E-state index in [1.807, 2.05) is 6.92 Å². The predicted octanol–water partition coefficient (Wildman–Crippen LogP) is 1.76. The average Bonchev–Trinajstić information content (AvgIpc) is 2.27. The van der Waals surface area contributed by atoms with Crippen molar-refractivity contribution < 1.29 is 0 Å². The maximum Gasteiger partial charge on any atom is 0.123 e. The van der Waals surface area contributed by atoms with Crippen molar-refractivity contribution in [3.63, 3.8) is 0 Å². The minimum absolute atomic E-state index is 0.244. The first-order valence-electron chi connectivity index (χ1n) is 4.32. The second-order valence-corrected chi connectivity index (χ2v) is 4.77. The molecule has 2 aliphatic heterocycles. The van der Waals surface area contributed by atoms with Gasteiger partial charge in [0.2, 0.25) is 0 Å². The fourth-order valence-corrected chi connectivity index (χ4v) is 3.07. The lowest BCUT2D eigenvalue weighted by atomic mass is 9.98. The normalized spacial score (nSPS) is 32.8. The van der Waals surface area contributed by atoms with E-state index < -0.39 is 0 Å². The van der Waals surface area contributed by atoms with Crippen LogP contribution in [0, 0.1) is 5.92 Å². The summed E-state index contributed by atoms with van der Waals surface area (Å²) in [5.41, 5.74) is 7.21. The van der Waals surface area contributed by atoms with Crippen LogP contribution in [0.5, 0.6) is 0 Å². The fraction of sp³-hybridized carbons (Fsp3) is 0.556. The molecule has 0 spiro atoms. The number of fused-ring (bicyclic) bond motifs is 1. The van der Waals surface area contributed by atoms with Crippen molar-refractivity contribution in [3.05, 3.63) is 10.5 Å².